The molecule has 98 valence electrons. The van der Waals surface area contributed by atoms with Crippen LogP contribution < -0.4 is 0 Å². The van der Waals surface area contributed by atoms with Crippen molar-refractivity contribution in [3.63, 3.8) is 0 Å². The maximum Gasteiger partial charge on any atom is 0.228 e. The molecule has 4 nitrogen and oxygen atoms in total. The Balaban J connectivity index is 2.24. The van der Waals surface area contributed by atoms with Crippen LogP contribution in [0.3, 0.4) is 0 Å². The topological polar surface area (TPSA) is 46.1 Å². The Kier molecular flexibility index (Phi) is 3.64. The largest absolute Gasteiger partial charge is 0.334 e. The Morgan fingerprint density at radius 3 is 2.72 bits per heavy atom. The van der Waals surface area contributed by atoms with Crippen molar-refractivity contribution in [1.82, 2.24) is 14.9 Å². The zero-order valence-corrected chi connectivity index (χ0v) is 11.4. The van der Waals surface area contributed by atoms with E-state index in [0.29, 0.717) is 0 Å². The SMILES string of the molecule is CC(C)(C)C(=O)N1CCCC[C@@H]1c1cnccn1. The first kappa shape index (κ1) is 13.0. The molecule has 1 atom stereocenters. The molecule has 18 heavy (non-hydrogen) atoms. The van der Waals surface area contributed by atoms with Crippen molar-refractivity contribution >= 4 is 5.91 Å². The molecule has 1 fully saturated rings. The van der Waals surface area contributed by atoms with E-state index < -0.39 is 0 Å². The van der Waals surface area contributed by atoms with Gasteiger partial charge in [0.05, 0.1) is 17.9 Å². The van der Waals surface area contributed by atoms with Crippen LogP contribution in [-0.4, -0.2) is 27.3 Å². The average Bonchev–Trinajstić information content (AvgIpc) is 2.38. The van der Waals surface area contributed by atoms with Crippen molar-refractivity contribution in [3.05, 3.63) is 24.3 Å². The summed E-state index contributed by atoms with van der Waals surface area (Å²) in [7, 11) is 0. The highest BCUT2D eigenvalue weighted by molar-refractivity contribution is 5.82. The number of amides is 1. The first-order chi connectivity index (χ1) is 8.50. The fourth-order valence-corrected chi connectivity index (χ4v) is 2.40. The molecule has 2 rings (SSSR count). The van der Waals surface area contributed by atoms with E-state index in [1.54, 1.807) is 18.6 Å². The van der Waals surface area contributed by atoms with Crippen molar-refractivity contribution in [2.45, 2.75) is 46.1 Å². The summed E-state index contributed by atoms with van der Waals surface area (Å²) in [5, 5.41) is 0. The highest BCUT2D eigenvalue weighted by Gasteiger charge is 2.34. The summed E-state index contributed by atoms with van der Waals surface area (Å²) in [5.41, 5.74) is 0.576. The van der Waals surface area contributed by atoms with Crippen LogP contribution in [0.1, 0.15) is 51.8 Å². The van der Waals surface area contributed by atoms with E-state index in [9.17, 15) is 4.79 Å². The van der Waals surface area contributed by atoms with E-state index in [1.807, 2.05) is 25.7 Å². The van der Waals surface area contributed by atoms with Gasteiger partial charge in [0.1, 0.15) is 0 Å². The predicted molar refractivity (Wildman–Crippen MR) is 69.8 cm³/mol. The highest BCUT2D eigenvalue weighted by atomic mass is 16.2. The van der Waals surface area contributed by atoms with E-state index in [4.69, 9.17) is 0 Å². The van der Waals surface area contributed by atoms with Gasteiger partial charge >= 0.3 is 0 Å². The predicted octanol–water partition coefficient (Wildman–Crippen LogP) is 2.58. The van der Waals surface area contributed by atoms with Crippen LogP contribution in [-0.2, 0) is 4.79 Å². The number of nitrogens with zero attached hydrogens (tertiary/aromatic N) is 3. The quantitative estimate of drug-likeness (QED) is 0.766. The molecule has 0 radical (unpaired) electrons. The number of likely N-dealkylation sites (tertiary alicyclic amines) is 1. The summed E-state index contributed by atoms with van der Waals surface area (Å²) < 4.78 is 0. The van der Waals surface area contributed by atoms with Crippen molar-refractivity contribution < 1.29 is 4.79 Å². The fourth-order valence-electron chi connectivity index (χ4n) is 2.40. The van der Waals surface area contributed by atoms with Gasteiger partial charge in [0.15, 0.2) is 0 Å². The van der Waals surface area contributed by atoms with Crippen molar-refractivity contribution in [2.75, 3.05) is 6.54 Å². The summed E-state index contributed by atoms with van der Waals surface area (Å²) in [4.78, 5) is 22.9. The van der Waals surface area contributed by atoms with Crippen LogP contribution in [0.2, 0.25) is 0 Å². The van der Waals surface area contributed by atoms with E-state index in [0.717, 1.165) is 31.5 Å². The zero-order chi connectivity index (χ0) is 13.2. The third-order valence-corrected chi connectivity index (χ3v) is 3.33. The fraction of sp³-hybridized carbons (Fsp3) is 0.643. The van der Waals surface area contributed by atoms with Gasteiger partial charge in [-0.15, -0.1) is 0 Å². The van der Waals surface area contributed by atoms with Crippen molar-refractivity contribution in [2.24, 2.45) is 5.41 Å². The molecule has 0 aromatic carbocycles. The molecule has 0 aliphatic carbocycles. The molecule has 1 aliphatic heterocycles. The molecule has 0 spiro atoms. The lowest BCUT2D eigenvalue weighted by Gasteiger charge is -2.38. The molecular formula is C14H21N3O. The summed E-state index contributed by atoms with van der Waals surface area (Å²) in [5.74, 6) is 0.206. The van der Waals surface area contributed by atoms with Crippen molar-refractivity contribution in [1.29, 1.82) is 0 Å². The summed E-state index contributed by atoms with van der Waals surface area (Å²) in [6, 6.07) is 0.0965. The van der Waals surface area contributed by atoms with Gasteiger partial charge in [0, 0.05) is 24.4 Å². The lowest BCUT2D eigenvalue weighted by atomic mass is 9.90. The lowest BCUT2D eigenvalue weighted by Crippen LogP contribution is -2.44. The summed E-state index contributed by atoms with van der Waals surface area (Å²) in [6.45, 7) is 6.74. The number of piperidine rings is 1. The summed E-state index contributed by atoms with van der Waals surface area (Å²) >= 11 is 0. The monoisotopic (exact) mass is 247 g/mol. The third kappa shape index (κ3) is 2.68. The van der Waals surface area contributed by atoms with Crippen LogP contribution in [0.25, 0.3) is 0 Å². The second-order valence-electron chi connectivity index (χ2n) is 5.89. The van der Waals surface area contributed by atoms with Gasteiger partial charge in [0.25, 0.3) is 0 Å². The van der Waals surface area contributed by atoms with Crippen LogP contribution in [0, 0.1) is 5.41 Å². The smallest absolute Gasteiger partial charge is 0.228 e. The number of aromatic nitrogens is 2. The number of carbonyl (C=O) groups is 1. The Morgan fingerprint density at radius 1 is 1.33 bits per heavy atom. The average molecular weight is 247 g/mol. The standard InChI is InChI=1S/C14H21N3O/c1-14(2,3)13(18)17-9-5-4-6-12(17)11-10-15-7-8-16-11/h7-8,10,12H,4-6,9H2,1-3H3/t12-/m1/s1. The molecule has 0 bridgehead atoms. The second kappa shape index (κ2) is 5.04. The molecule has 1 aromatic rings. The molecule has 2 heterocycles. The number of hydrogen-bond acceptors (Lipinski definition) is 3. The summed E-state index contributed by atoms with van der Waals surface area (Å²) in [6.07, 6.45) is 8.36. The number of carbonyl (C=O) groups excluding carboxylic acids is 1. The minimum absolute atomic E-state index is 0.0965. The molecule has 1 saturated heterocycles. The maximum absolute atomic E-state index is 12.5. The number of hydrogen-bond donors (Lipinski definition) is 0. The Hall–Kier alpha value is -1.45. The Labute approximate surface area is 108 Å². The van der Waals surface area contributed by atoms with Gasteiger partial charge in [0.2, 0.25) is 5.91 Å². The van der Waals surface area contributed by atoms with Gasteiger partial charge in [-0.05, 0) is 19.3 Å². The minimum Gasteiger partial charge on any atom is -0.334 e. The Morgan fingerprint density at radius 2 is 2.11 bits per heavy atom. The molecule has 0 unspecified atom stereocenters. The van der Waals surface area contributed by atoms with E-state index >= 15 is 0 Å². The van der Waals surface area contributed by atoms with Gasteiger partial charge in [-0.25, -0.2) is 0 Å². The van der Waals surface area contributed by atoms with Gasteiger partial charge in [-0.2, -0.15) is 0 Å². The van der Waals surface area contributed by atoms with Gasteiger partial charge in [-0.3, -0.25) is 14.8 Å². The van der Waals surface area contributed by atoms with Crippen LogP contribution in [0.15, 0.2) is 18.6 Å². The first-order valence-electron chi connectivity index (χ1n) is 6.57. The lowest BCUT2D eigenvalue weighted by molar-refractivity contribution is -0.143. The highest BCUT2D eigenvalue weighted by Crippen LogP contribution is 2.32. The molecule has 4 heteroatoms. The molecule has 1 aliphatic rings. The molecular weight excluding hydrogens is 226 g/mol. The molecule has 1 amide bonds. The van der Waals surface area contributed by atoms with Crippen molar-refractivity contribution in [3.8, 4) is 0 Å². The maximum atomic E-state index is 12.5. The minimum atomic E-state index is -0.336. The molecule has 0 saturated carbocycles. The molecule has 0 N–H and O–H groups in total. The van der Waals surface area contributed by atoms with Crippen LogP contribution in [0.5, 0.6) is 0 Å². The van der Waals surface area contributed by atoms with E-state index in [2.05, 4.69) is 9.97 Å². The zero-order valence-electron chi connectivity index (χ0n) is 11.4. The second-order valence-corrected chi connectivity index (χ2v) is 5.89. The van der Waals surface area contributed by atoms with Crippen LogP contribution in [0.4, 0.5) is 0 Å². The number of rotatable bonds is 1. The molecule has 1 aromatic heterocycles. The van der Waals surface area contributed by atoms with Gasteiger partial charge < -0.3 is 4.90 Å². The first-order valence-corrected chi connectivity index (χ1v) is 6.57. The van der Waals surface area contributed by atoms with Gasteiger partial charge in [-0.1, -0.05) is 20.8 Å². The Bertz CT molecular complexity index is 411. The third-order valence-electron chi connectivity index (χ3n) is 3.33. The van der Waals surface area contributed by atoms with E-state index in [-0.39, 0.29) is 17.4 Å². The normalized spacial score (nSPS) is 20.8. The van der Waals surface area contributed by atoms with E-state index in [1.165, 1.54) is 0 Å². The van der Waals surface area contributed by atoms with Crippen LogP contribution >= 0.6 is 0 Å².